The summed E-state index contributed by atoms with van der Waals surface area (Å²) in [6, 6.07) is 15.0. The number of nitrogens with zero attached hydrogens (tertiary/aromatic N) is 3. The molecule has 1 saturated heterocycles. The third-order valence-corrected chi connectivity index (χ3v) is 5.39. The molecule has 0 spiro atoms. The SMILES string of the molecule is CC(C)(C)n1ccc([C@@H]2[C@H](c3ccccn3)NC(=S)N2c2ccccc2O)c1. The molecule has 2 aromatic heterocycles. The van der Waals surface area contributed by atoms with Crippen molar-refractivity contribution in [2.45, 2.75) is 38.4 Å². The van der Waals surface area contributed by atoms with E-state index in [2.05, 4.69) is 54.1 Å². The minimum absolute atomic E-state index is 0.0228. The highest BCUT2D eigenvalue weighted by Crippen LogP contribution is 2.44. The predicted molar refractivity (Wildman–Crippen MR) is 115 cm³/mol. The van der Waals surface area contributed by atoms with Gasteiger partial charge in [0.05, 0.1) is 23.5 Å². The van der Waals surface area contributed by atoms with Crippen molar-refractivity contribution in [3.8, 4) is 5.75 Å². The maximum Gasteiger partial charge on any atom is 0.174 e. The summed E-state index contributed by atoms with van der Waals surface area (Å²) in [7, 11) is 0. The van der Waals surface area contributed by atoms with Crippen molar-refractivity contribution in [1.82, 2.24) is 14.9 Å². The second-order valence-corrected chi connectivity index (χ2v) is 8.39. The van der Waals surface area contributed by atoms with Crippen molar-refractivity contribution >= 4 is 23.0 Å². The van der Waals surface area contributed by atoms with Gasteiger partial charge in [-0.3, -0.25) is 4.98 Å². The number of hydrogen-bond donors (Lipinski definition) is 2. The molecule has 2 N–H and O–H groups in total. The normalized spacial score (nSPS) is 19.7. The summed E-state index contributed by atoms with van der Waals surface area (Å²) in [5, 5.41) is 14.5. The Balaban J connectivity index is 1.84. The first kappa shape index (κ1) is 18.5. The molecule has 2 atom stereocenters. The van der Waals surface area contributed by atoms with E-state index in [0.29, 0.717) is 10.8 Å². The molecule has 144 valence electrons. The summed E-state index contributed by atoms with van der Waals surface area (Å²) >= 11 is 5.69. The summed E-state index contributed by atoms with van der Waals surface area (Å²) < 4.78 is 2.20. The molecular weight excluding hydrogens is 368 g/mol. The number of aromatic nitrogens is 2. The Morgan fingerprint density at radius 1 is 1.07 bits per heavy atom. The van der Waals surface area contributed by atoms with Gasteiger partial charge in [0.1, 0.15) is 5.75 Å². The van der Waals surface area contributed by atoms with E-state index in [0.717, 1.165) is 11.3 Å². The lowest BCUT2D eigenvalue weighted by Crippen LogP contribution is -2.29. The quantitative estimate of drug-likeness (QED) is 0.642. The lowest BCUT2D eigenvalue weighted by molar-refractivity contribution is 0.397. The second-order valence-electron chi connectivity index (χ2n) is 8.01. The number of phenols is 1. The zero-order valence-corrected chi connectivity index (χ0v) is 17.0. The van der Waals surface area contributed by atoms with Crippen molar-refractivity contribution in [2.75, 3.05) is 4.90 Å². The maximum absolute atomic E-state index is 10.5. The van der Waals surface area contributed by atoms with Crippen LogP contribution >= 0.6 is 12.2 Å². The van der Waals surface area contributed by atoms with Crippen molar-refractivity contribution in [3.05, 3.63) is 78.4 Å². The molecule has 3 heterocycles. The van der Waals surface area contributed by atoms with Crippen molar-refractivity contribution < 1.29 is 5.11 Å². The van der Waals surface area contributed by atoms with Crippen LogP contribution in [0.25, 0.3) is 0 Å². The summed E-state index contributed by atoms with van der Waals surface area (Å²) in [5.74, 6) is 0.202. The number of anilines is 1. The minimum atomic E-state index is -0.126. The van der Waals surface area contributed by atoms with Crippen molar-refractivity contribution in [3.63, 3.8) is 0 Å². The maximum atomic E-state index is 10.5. The molecule has 1 aromatic carbocycles. The topological polar surface area (TPSA) is 53.3 Å². The number of nitrogens with one attached hydrogen (secondary N) is 1. The Hall–Kier alpha value is -2.86. The first-order chi connectivity index (χ1) is 13.4. The predicted octanol–water partition coefficient (Wildman–Crippen LogP) is 4.52. The molecule has 0 aliphatic carbocycles. The summed E-state index contributed by atoms with van der Waals surface area (Å²) in [6.45, 7) is 6.52. The molecule has 1 aliphatic rings. The fourth-order valence-corrected chi connectivity index (χ4v) is 3.97. The highest BCUT2D eigenvalue weighted by Gasteiger charge is 2.42. The molecule has 6 heteroatoms. The zero-order valence-electron chi connectivity index (χ0n) is 16.2. The van der Waals surface area contributed by atoms with Crippen LogP contribution in [0.15, 0.2) is 67.1 Å². The van der Waals surface area contributed by atoms with Crippen LogP contribution < -0.4 is 10.2 Å². The summed E-state index contributed by atoms with van der Waals surface area (Å²) in [5.41, 5.74) is 2.69. The van der Waals surface area contributed by atoms with Crippen LogP contribution in [0.1, 0.15) is 44.1 Å². The van der Waals surface area contributed by atoms with Crippen molar-refractivity contribution in [1.29, 1.82) is 0 Å². The molecule has 0 amide bonds. The lowest BCUT2D eigenvalue weighted by Gasteiger charge is -2.28. The Bertz CT molecular complexity index is 993. The van der Waals surface area contributed by atoms with E-state index >= 15 is 0 Å². The number of pyridine rings is 1. The second kappa shape index (κ2) is 6.95. The van der Waals surface area contributed by atoms with Gasteiger partial charge >= 0.3 is 0 Å². The molecule has 1 aliphatic heterocycles. The molecule has 0 saturated carbocycles. The summed E-state index contributed by atoms with van der Waals surface area (Å²) in [4.78, 5) is 6.55. The molecular formula is C22H24N4OS. The van der Waals surface area contributed by atoms with Crippen molar-refractivity contribution in [2.24, 2.45) is 0 Å². The number of hydrogen-bond acceptors (Lipinski definition) is 3. The van der Waals surface area contributed by atoms with Crippen LogP contribution in [0.5, 0.6) is 5.75 Å². The Morgan fingerprint density at radius 3 is 2.46 bits per heavy atom. The van der Waals surface area contributed by atoms with Crippen LogP contribution in [0.4, 0.5) is 5.69 Å². The van der Waals surface area contributed by atoms with Gasteiger partial charge < -0.3 is 19.9 Å². The van der Waals surface area contributed by atoms with Gasteiger partial charge in [-0.25, -0.2) is 0 Å². The number of thiocarbonyl (C=S) groups is 1. The average molecular weight is 393 g/mol. The molecule has 0 unspecified atom stereocenters. The fraction of sp³-hybridized carbons (Fsp3) is 0.273. The standard InChI is InChI=1S/C22H24N4OS/c1-22(2,3)25-13-11-15(14-25)20-19(16-8-6-7-12-23-16)24-21(28)26(20)17-9-4-5-10-18(17)27/h4-14,19-20,27H,1-3H3,(H,24,28)/t19-,20+/m0/s1. The van der Waals surface area contributed by atoms with Gasteiger partial charge in [-0.2, -0.15) is 0 Å². The van der Waals surface area contributed by atoms with E-state index in [1.165, 1.54) is 0 Å². The number of phenolic OH excluding ortho intramolecular Hbond substituents is 1. The van der Waals surface area contributed by atoms with Gasteiger partial charge in [0.15, 0.2) is 5.11 Å². The number of para-hydroxylation sites is 2. The highest BCUT2D eigenvalue weighted by molar-refractivity contribution is 7.80. The van der Waals surface area contributed by atoms with Gasteiger partial charge in [0.25, 0.3) is 0 Å². The molecule has 1 fully saturated rings. The van der Waals surface area contributed by atoms with Gasteiger partial charge in [-0.05, 0) is 68.9 Å². The van der Waals surface area contributed by atoms with E-state index in [1.807, 2.05) is 41.3 Å². The highest BCUT2D eigenvalue weighted by atomic mass is 32.1. The van der Waals surface area contributed by atoms with E-state index < -0.39 is 0 Å². The number of aromatic hydroxyl groups is 1. The minimum Gasteiger partial charge on any atom is -0.506 e. The number of rotatable bonds is 3. The van der Waals surface area contributed by atoms with E-state index in [9.17, 15) is 5.11 Å². The molecule has 0 bridgehead atoms. The number of benzene rings is 1. The summed E-state index contributed by atoms with van der Waals surface area (Å²) in [6.07, 6.45) is 6.04. The molecule has 0 radical (unpaired) electrons. The third-order valence-electron chi connectivity index (χ3n) is 5.07. The van der Waals surface area contributed by atoms with Gasteiger partial charge in [-0.15, -0.1) is 0 Å². The van der Waals surface area contributed by atoms with Crippen LogP contribution in [-0.2, 0) is 5.54 Å². The molecule has 4 rings (SSSR count). The lowest BCUT2D eigenvalue weighted by atomic mass is 9.98. The van der Waals surface area contributed by atoms with Crippen LogP contribution in [0.3, 0.4) is 0 Å². The van der Waals surface area contributed by atoms with Crippen LogP contribution in [0, 0.1) is 0 Å². The first-order valence-electron chi connectivity index (χ1n) is 9.33. The molecule has 28 heavy (non-hydrogen) atoms. The van der Waals surface area contributed by atoms with Gasteiger partial charge in [0, 0.05) is 24.1 Å². The van der Waals surface area contributed by atoms with Crippen LogP contribution in [0.2, 0.25) is 0 Å². The largest absolute Gasteiger partial charge is 0.506 e. The third kappa shape index (κ3) is 3.24. The zero-order chi connectivity index (χ0) is 19.9. The smallest absolute Gasteiger partial charge is 0.174 e. The Kier molecular flexibility index (Phi) is 4.59. The molecule has 3 aromatic rings. The Morgan fingerprint density at radius 2 is 1.82 bits per heavy atom. The fourth-order valence-electron chi connectivity index (χ4n) is 3.63. The van der Waals surface area contributed by atoms with Gasteiger partial charge in [0.2, 0.25) is 0 Å². The van der Waals surface area contributed by atoms with Crippen LogP contribution in [-0.4, -0.2) is 19.8 Å². The molecule has 5 nitrogen and oxygen atoms in total. The van der Waals surface area contributed by atoms with E-state index in [4.69, 9.17) is 12.2 Å². The monoisotopic (exact) mass is 392 g/mol. The first-order valence-corrected chi connectivity index (χ1v) is 9.74. The van der Waals surface area contributed by atoms with E-state index in [-0.39, 0.29) is 23.4 Å². The average Bonchev–Trinajstić information content (AvgIpc) is 3.27. The Labute approximate surface area is 170 Å². The van der Waals surface area contributed by atoms with E-state index in [1.54, 1.807) is 12.3 Å². The van der Waals surface area contributed by atoms with Gasteiger partial charge in [-0.1, -0.05) is 18.2 Å².